The second kappa shape index (κ2) is 7.63. The predicted octanol–water partition coefficient (Wildman–Crippen LogP) is 2.28. The van der Waals surface area contributed by atoms with Gasteiger partial charge in [0.2, 0.25) is 0 Å². The Morgan fingerprint density at radius 1 is 1.42 bits per heavy atom. The van der Waals surface area contributed by atoms with E-state index in [1.165, 1.54) is 0 Å². The third kappa shape index (κ3) is 5.18. The minimum absolute atomic E-state index is 0.211. The molecule has 5 nitrogen and oxygen atoms in total. The molecule has 0 bridgehead atoms. The van der Waals surface area contributed by atoms with Gasteiger partial charge >= 0.3 is 5.97 Å². The van der Waals surface area contributed by atoms with Crippen molar-refractivity contribution in [2.45, 2.75) is 26.9 Å². The molecule has 1 rings (SSSR count). The van der Waals surface area contributed by atoms with E-state index in [2.05, 4.69) is 5.32 Å². The Morgan fingerprint density at radius 2 is 2.16 bits per heavy atom. The number of nitrogen functional groups attached to an aromatic ring is 1. The van der Waals surface area contributed by atoms with Gasteiger partial charge in [-0.15, -0.1) is 0 Å². The van der Waals surface area contributed by atoms with Crippen molar-refractivity contribution < 1.29 is 14.3 Å². The Bertz CT molecular complexity index is 419. The minimum Gasteiger partial charge on any atom is -0.462 e. The van der Waals surface area contributed by atoms with Crippen LogP contribution in [0.1, 0.15) is 31.1 Å². The molecule has 0 saturated heterocycles. The van der Waals surface area contributed by atoms with E-state index in [0.29, 0.717) is 31.0 Å². The summed E-state index contributed by atoms with van der Waals surface area (Å²) in [5.74, 6) is -0.401. The first kappa shape index (κ1) is 15.3. The third-order valence-electron chi connectivity index (χ3n) is 2.43. The highest BCUT2D eigenvalue weighted by atomic mass is 16.5. The van der Waals surface area contributed by atoms with Gasteiger partial charge in [0.05, 0.1) is 24.9 Å². The minimum atomic E-state index is -0.401. The number of hydrogen-bond donors (Lipinski definition) is 2. The fraction of sp³-hybridized carbons (Fsp3) is 0.500. The number of anilines is 2. The molecule has 1 aromatic carbocycles. The molecule has 0 atom stereocenters. The van der Waals surface area contributed by atoms with Crippen LogP contribution in [0.15, 0.2) is 18.2 Å². The van der Waals surface area contributed by atoms with Crippen molar-refractivity contribution in [3.8, 4) is 0 Å². The van der Waals surface area contributed by atoms with Crippen molar-refractivity contribution >= 4 is 17.3 Å². The molecule has 0 saturated carbocycles. The summed E-state index contributed by atoms with van der Waals surface area (Å²) >= 11 is 0. The zero-order chi connectivity index (χ0) is 14.3. The lowest BCUT2D eigenvalue weighted by Gasteiger charge is -2.11. The summed E-state index contributed by atoms with van der Waals surface area (Å²) in [5, 5.41) is 3.18. The van der Waals surface area contributed by atoms with Gasteiger partial charge in [-0.2, -0.15) is 0 Å². The fourth-order valence-electron chi connectivity index (χ4n) is 1.54. The molecule has 1 aromatic rings. The van der Waals surface area contributed by atoms with E-state index in [1.807, 2.05) is 19.9 Å². The van der Waals surface area contributed by atoms with E-state index in [1.54, 1.807) is 19.1 Å². The van der Waals surface area contributed by atoms with E-state index in [4.69, 9.17) is 15.2 Å². The van der Waals surface area contributed by atoms with E-state index >= 15 is 0 Å². The maximum atomic E-state index is 11.7. The summed E-state index contributed by atoms with van der Waals surface area (Å²) in [4.78, 5) is 11.7. The van der Waals surface area contributed by atoms with Crippen molar-refractivity contribution in [2.75, 3.05) is 30.8 Å². The number of ether oxygens (including phenoxy) is 2. The summed E-state index contributed by atoms with van der Waals surface area (Å²) in [7, 11) is 0. The maximum absolute atomic E-state index is 11.7. The third-order valence-corrected chi connectivity index (χ3v) is 2.43. The van der Waals surface area contributed by atoms with Gasteiger partial charge in [0, 0.05) is 17.9 Å². The molecule has 0 radical (unpaired) electrons. The second-order valence-electron chi connectivity index (χ2n) is 4.37. The average molecular weight is 266 g/mol. The molecule has 0 aliphatic heterocycles. The molecule has 106 valence electrons. The second-order valence-corrected chi connectivity index (χ2v) is 4.37. The molecule has 0 aliphatic rings. The van der Waals surface area contributed by atoms with Gasteiger partial charge < -0.3 is 20.5 Å². The largest absolute Gasteiger partial charge is 0.462 e. The maximum Gasteiger partial charge on any atom is 0.340 e. The standard InChI is InChI=1S/C14H22N2O3/c1-4-18-14(17)12-9-11(5-6-13(12)15)16-7-8-19-10(2)3/h5-6,9-10,16H,4,7-8,15H2,1-3H3. The molecule has 0 spiro atoms. The van der Waals surface area contributed by atoms with Gasteiger partial charge in [-0.25, -0.2) is 4.79 Å². The number of carbonyl (C=O) groups is 1. The number of esters is 1. The van der Waals surface area contributed by atoms with Crippen LogP contribution in [0.3, 0.4) is 0 Å². The molecular weight excluding hydrogens is 244 g/mol. The highest BCUT2D eigenvalue weighted by molar-refractivity contribution is 5.96. The van der Waals surface area contributed by atoms with Crippen molar-refractivity contribution in [3.63, 3.8) is 0 Å². The highest BCUT2D eigenvalue weighted by Gasteiger charge is 2.11. The molecule has 5 heteroatoms. The molecule has 0 unspecified atom stereocenters. The molecular formula is C14H22N2O3. The molecule has 0 heterocycles. The van der Waals surface area contributed by atoms with Crippen LogP contribution in [0.5, 0.6) is 0 Å². The number of rotatable bonds is 7. The Labute approximate surface area is 114 Å². The quantitative estimate of drug-likeness (QED) is 0.450. The first-order valence-electron chi connectivity index (χ1n) is 6.46. The van der Waals surface area contributed by atoms with Gasteiger partial charge in [-0.1, -0.05) is 0 Å². The first-order valence-corrected chi connectivity index (χ1v) is 6.46. The van der Waals surface area contributed by atoms with Crippen molar-refractivity contribution in [2.24, 2.45) is 0 Å². The Balaban J connectivity index is 2.60. The predicted molar refractivity (Wildman–Crippen MR) is 76.4 cm³/mol. The summed E-state index contributed by atoms with van der Waals surface area (Å²) < 4.78 is 10.4. The van der Waals surface area contributed by atoms with E-state index < -0.39 is 5.97 Å². The monoisotopic (exact) mass is 266 g/mol. The Morgan fingerprint density at radius 3 is 2.79 bits per heavy atom. The SMILES string of the molecule is CCOC(=O)c1cc(NCCOC(C)C)ccc1N. The van der Waals surface area contributed by atoms with Crippen LogP contribution in [-0.2, 0) is 9.47 Å². The van der Waals surface area contributed by atoms with Gasteiger partial charge in [0.1, 0.15) is 0 Å². The lowest BCUT2D eigenvalue weighted by molar-refractivity contribution is 0.0527. The molecule has 0 fully saturated rings. The molecule has 19 heavy (non-hydrogen) atoms. The van der Waals surface area contributed by atoms with Crippen molar-refractivity contribution in [1.82, 2.24) is 0 Å². The lowest BCUT2D eigenvalue weighted by Crippen LogP contribution is -2.14. The van der Waals surface area contributed by atoms with Crippen LogP contribution in [0.4, 0.5) is 11.4 Å². The first-order chi connectivity index (χ1) is 9.04. The topological polar surface area (TPSA) is 73.6 Å². The molecule has 0 aromatic heterocycles. The van der Waals surface area contributed by atoms with Crippen LogP contribution in [0.2, 0.25) is 0 Å². The summed E-state index contributed by atoms with van der Waals surface area (Å²) in [6, 6.07) is 5.22. The van der Waals surface area contributed by atoms with Crippen LogP contribution < -0.4 is 11.1 Å². The fourth-order valence-corrected chi connectivity index (χ4v) is 1.54. The summed E-state index contributed by atoms with van der Waals surface area (Å²) in [6.07, 6.45) is 0.211. The van der Waals surface area contributed by atoms with Crippen LogP contribution >= 0.6 is 0 Å². The number of benzene rings is 1. The van der Waals surface area contributed by atoms with Crippen LogP contribution in [0, 0.1) is 0 Å². The highest BCUT2D eigenvalue weighted by Crippen LogP contribution is 2.18. The van der Waals surface area contributed by atoms with Crippen molar-refractivity contribution in [3.05, 3.63) is 23.8 Å². The summed E-state index contributed by atoms with van der Waals surface area (Å²) in [5.41, 5.74) is 7.39. The van der Waals surface area contributed by atoms with Gasteiger partial charge in [-0.05, 0) is 39.0 Å². The number of carbonyl (C=O) groups excluding carboxylic acids is 1. The van der Waals surface area contributed by atoms with Crippen LogP contribution in [0.25, 0.3) is 0 Å². The van der Waals surface area contributed by atoms with Gasteiger partial charge in [0.15, 0.2) is 0 Å². The van der Waals surface area contributed by atoms with Gasteiger partial charge in [0.25, 0.3) is 0 Å². The number of nitrogens with two attached hydrogens (primary N) is 1. The smallest absolute Gasteiger partial charge is 0.340 e. The van der Waals surface area contributed by atoms with E-state index in [0.717, 1.165) is 5.69 Å². The average Bonchev–Trinajstić information content (AvgIpc) is 2.36. The van der Waals surface area contributed by atoms with E-state index in [-0.39, 0.29) is 6.10 Å². The number of hydrogen-bond acceptors (Lipinski definition) is 5. The van der Waals surface area contributed by atoms with Crippen molar-refractivity contribution in [1.29, 1.82) is 0 Å². The van der Waals surface area contributed by atoms with E-state index in [9.17, 15) is 4.79 Å². The lowest BCUT2D eigenvalue weighted by atomic mass is 10.1. The zero-order valence-electron chi connectivity index (χ0n) is 11.7. The molecule has 0 aliphatic carbocycles. The number of nitrogens with one attached hydrogen (secondary N) is 1. The Hall–Kier alpha value is -1.75. The molecule has 0 amide bonds. The molecule has 3 N–H and O–H groups in total. The normalized spacial score (nSPS) is 10.5. The summed E-state index contributed by atoms with van der Waals surface area (Å²) in [6.45, 7) is 7.35. The van der Waals surface area contributed by atoms with Crippen LogP contribution in [-0.4, -0.2) is 31.8 Å². The van der Waals surface area contributed by atoms with Gasteiger partial charge in [-0.3, -0.25) is 0 Å². The zero-order valence-corrected chi connectivity index (χ0v) is 11.7. The Kier molecular flexibility index (Phi) is 6.15.